The summed E-state index contributed by atoms with van der Waals surface area (Å²) in [5, 5.41) is 5.28. The first-order valence-electron chi connectivity index (χ1n) is 5.65. The summed E-state index contributed by atoms with van der Waals surface area (Å²) in [5.74, 6) is -0.603. The number of carbonyl (C=O) groups is 1. The molecule has 2 aromatic rings. The molecule has 0 radical (unpaired) electrons. The van der Waals surface area contributed by atoms with Crippen molar-refractivity contribution < 1.29 is 13.9 Å². The number of thiazole rings is 1. The highest BCUT2D eigenvalue weighted by atomic mass is 32.1. The van der Waals surface area contributed by atoms with E-state index < -0.39 is 0 Å². The Morgan fingerprint density at radius 1 is 1.53 bits per heavy atom. The third kappa shape index (κ3) is 4.11. The molecule has 100 valence electrons. The minimum absolute atomic E-state index is 0.163. The minimum atomic E-state index is -0.381. The molecule has 0 fully saturated rings. The molecule has 2 rings (SSSR count). The van der Waals surface area contributed by atoms with Crippen LogP contribution in [0.4, 0.5) is 10.1 Å². The van der Waals surface area contributed by atoms with Gasteiger partial charge >= 0.3 is 0 Å². The monoisotopic (exact) mass is 280 g/mol. The Balaban J connectivity index is 1.93. The maximum atomic E-state index is 13.0. The lowest BCUT2D eigenvalue weighted by Gasteiger charge is -2.03. The van der Waals surface area contributed by atoms with Crippen molar-refractivity contribution in [3.63, 3.8) is 0 Å². The Bertz CT molecular complexity index is 571. The van der Waals surface area contributed by atoms with Gasteiger partial charge in [-0.3, -0.25) is 4.79 Å². The van der Waals surface area contributed by atoms with E-state index in [4.69, 9.17) is 4.74 Å². The number of aromatic nitrogens is 1. The first kappa shape index (κ1) is 13.6. The molecule has 1 heterocycles. The molecule has 19 heavy (non-hydrogen) atoms. The lowest BCUT2D eigenvalue weighted by Crippen LogP contribution is -2.14. The van der Waals surface area contributed by atoms with E-state index in [0.717, 1.165) is 5.01 Å². The van der Waals surface area contributed by atoms with E-state index in [-0.39, 0.29) is 18.1 Å². The van der Waals surface area contributed by atoms with Crippen LogP contribution in [0.1, 0.15) is 10.7 Å². The van der Waals surface area contributed by atoms with Gasteiger partial charge in [-0.05, 0) is 18.2 Å². The van der Waals surface area contributed by atoms with Gasteiger partial charge in [0.25, 0.3) is 0 Å². The van der Waals surface area contributed by atoms with E-state index >= 15 is 0 Å². The molecule has 6 heteroatoms. The summed E-state index contributed by atoms with van der Waals surface area (Å²) in [4.78, 5) is 16.0. The van der Waals surface area contributed by atoms with Crippen LogP contribution in [0.15, 0.2) is 29.6 Å². The van der Waals surface area contributed by atoms with Gasteiger partial charge in [0.05, 0.1) is 18.7 Å². The fourth-order valence-corrected chi connectivity index (χ4v) is 2.32. The number of nitrogens with one attached hydrogen (secondary N) is 1. The molecule has 0 aliphatic heterocycles. The number of halogens is 1. The predicted molar refractivity (Wildman–Crippen MR) is 71.6 cm³/mol. The molecule has 1 aromatic carbocycles. The van der Waals surface area contributed by atoms with Gasteiger partial charge in [-0.15, -0.1) is 11.3 Å². The van der Waals surface area contributed by atoms with Crippen LogP contribution in [0.25, 0.3) is 0 Å². The molecule has 0 unspecified atom stereocenters. The zero-order valence-electron chi connectivity index (χ0n) is 10.4. The fraction of sp³-hybridized carbons (Fsp3) is 0.231. The van der Waals surface area contributed by atoms with E-state index in [9.17, 15) is 9.18 Å². The lowest BCUT2D eigenvalue weighted by molar-refractivity contribution is -0.115. The molecular weight excluding hydrogens is 267 g/mol. The molecule has 0 atom stereocenters. The SMILES string of the molecule is COCc1nc(CC(=O)Nc2cccc(F)c2)cs1. The van der Waals surface area contributed by atoms with Gasteiger partial charge in [-0.1, -0.05) is 6.07 Å². The average Bonchev–Trinajstić information content (AvgIpc) is 2.77. The summed E-state index contributed by atoms with van der Waals surface area (Å²) in [5.41, 5.74) is 1.13. The Morgan fingerprint density at radius 2 is 2.37 bits per heavy atom. The van der Waals surface area contributed by atoms with Crippen molar-refractivity contribution in [2.75, 3.05) is 12.4 Å². The number of anilines is 1. The van der Waals surface area contributed by atoms with Gasteiger partial charge in [0.2, 0.25) is 5.91 Å². The third-order valence-corrected chi connectivity index (χ3v) is 3.19. The second kappa shape index (κ2) is 6.40. The number of benzene rings is 1. The Labute approximate surface area is 114 Å². The highest BCUT2D eigenvalue weighted by Crippen LogP contribution is 2.13. The smallest absolute Gasteiger partial charge is 0.230 e. The standard InChI is InChI=1S/C13H13FN2O2S/c1-18-7-13-16-11(8-19-13)6-12(17)15-10-4-2-3-9(14)5-10/h2-5,8H,6-7H2,1H3,(H,15,17). The zero-order chi connectivity index (χ0) is 13.7. The van der Waals surface area contributed by atoms with Crippen molar-refractivity contribution in [1.82, 2.24) is 4.98 Å². The van der Waals surface area contributed by atoms with Crippen LogP contribution in [0, 0.1) is 5.82 Å². The van der Waals surface area contributed by atoms with Crippen LogP contribution >= 0.6 is 11.3 Å². The predicted octanol–water partition coefficient (Wildman–Crippen LogP) is 2.61. The summed E-state index contributed by atoms with van der Waals surface area (Å²) >= 11 is 1.45. The highest BCUT2D eigenvalue weighted by molar-refractivity contribution is 7.09. The first-order chi connectivity index (χ1) is 9.17. The molecule has 0 aliphatic rings. The van der Waals surface area contributed by atoms with Crippen LogP contribution < -0.4 is 5.32 Å². The largest absolute Gasteiger partial charge is 0.378 e. The van der Waals surface area contributed by atoms with E-state index in [1.165, 1.54) is 23.5 Å². The van der Waals surface area contributed by atoms with Gasteiger partial charge in [-0.2, -0.15) is 0 Å². The van der Waals surface area contributed by atoms with Crippen molar-refractivity contribution >= 4 is 22.9 Å². The molecule has 0 aliphatic carbocycles. The van der Waals surface area contributed by atoms with Gasteiger partial charge in [0.15, 0.2) is 0 Å². The summed E-state index contributed by atoms with van der Waals surface area (Å²) in [6.07, 6.45) is 0.163. The molecule has 0 saturated heterocycles. The van der Waals surface area contributed by atoms with Crippen LogP contribution in [0.5, 0.6) is 0 Å². The third-order valence-electron chi connectivity index (χ3n) is 2.32. The summed E-state index contributed by atoms with van der Waals surface area (Å²) in [6, 6.07) is 5.78. The quantitative estimate of drug-likeness (QED) is 0.916. The van der Waals surface area contributed by atoms with E-state index in [0.29, 0.717) is 18.0 Å². The molecule has 0 bridgehead atoms. The normalized spacial score (nSPS) is 10.4. The van der Waals surface area contributed by atoms with E-state index in [2.05, 4.69) is 10.3 Å². The number of amides is 1. The molecule has 0 saturated carbocycles. The van der Waals surface area contributed by atoms with Crippen molar-refractivity contribution in [2.45, 2.75) is 13.0 Å². The summed E-state index contributed by atoms with van der Waals surface area (Å²) in [6.45, 7) is 0.441. The van der Waals surface area contributed by atoms with Crippen LogP contribution in [0.3, 0.4) is 0 Å². The van der Waals surface area contributed by atoms with Crippen LogP contribution in [0.2, 0.25) is 0 Å². The van der Waals surface area contributed by atoms with Crippen LogP contribution in [-0.2, 0) is 22.6 Å². The van der Waals surface area contributed by atoms with Crippen molar-refractivity contribution in [1.29, 1.82) is 0 Å². The second-order valence-electron chi connectivity index (χ2n) is 3.90. The maximum absolute atomic E-state index is 13.0. The first-order valence-corrected chi connectivity index (χ1v) is 6.53. The highest BCUT2D eigenvalue weighted by Gasteiger charge is 2.08. The molecular formula is C13H13FN2O2S. The average molecular weight is 280 g/mol. The number of hydrogen-bond donors (Lipinski definition) is 1. The molecule has 1 N–H and O–H groups in total. The topological polar surface area (TPSA) is 51.2 Å². The van der Waals surface area contributed by atoms with Crippen LogP contribution in [-0.4, -0.2) is 18.0 Å². The van der Waals surface area contributed by atoms with E-state index in [1.807, 2.05) is 5.38 Å². The Kier molecular flexibility index (Phi) is 4.59. The number of ether oxygens (including phenoxy) is 1. The van der Waals surface area contributed by atoms with Crippen molar-refractivity contribution in [2.24, 2.45) is 0 Å². The fourth-order valence-electron chi connectivity index (χ4n) is 1.56. The number of carbonyl (C=O) groups excluding carboxylic acids is 1. The second-order valence-corrected chi connectivity index (χ2v) is 4.84. The number of rotatable bonds is 5. The summed E-state index contributed by atoms with van der Waals surface area (Å²) in [7, 11) is 1.59. The van der Waals surface area contributed by atoms with Gasteiger partial charge in [0, 0.05) is 18.2 Å². The molecule has 1 amide bonds. The minimum Gasteiger partial charge on any atom is -0.378 e. The van der Waals surface area contributed by atoms with Gasteiger partial charge < -0.3 is 10.1 Å². The van der Waals surface area contributed by atoms with Crippen molar-refractivity contribution in [3.8, 4) is 0 Å². The molecule has 0 spiro atoms. The Morgan fingerprint density at radius 3 is 3.11 bits per heavy atom. The molecule has 4 nitrogen and oxygen atoms in total. The number of nitrogens with zero attached hydrogens (tertiary/aromatic N) is 1. The summed E-state index contributed by atoms with van der Waals surface area (Å²) < 4.78 is 17.9. The zero-order valence-corrected chi connectivity index (χ0v) is 11.2. The van der Waals surface area contributed by atoms with Gasteiger partial charge in [-0.25, -0.2) is 9.37 Å². The van der Waals surface area contributed by atoms with Gasteiger partial charge in [0.1, 0.15) is 10.8 Å². The lowest BCUT2D eigenvalue weighted by atomic mass is 10.3. The van der Waals surface area contributed by atoms with Crippen molar-refractivity contribution in [3.05, 3.63) is 46.2 Å². The van der Waals surface area contributed by atoms with E-state index in [1.54, 1.807) is 19.2 Å². The number of hydrogen-bond acceptors (Lipinski definition) is 4. The maximum Gasteiger partial charge on any atom is 0.230 e. The Hall–Kier alpha value is -1.79. The molecule has 1 aromatic heterocycles. The number of methoxy groups -OCH3 is 1.